The lowest BCUT2D eigenvalue weighted by Gasteiger charge is -2.19. The van der Waals surface area contributed by atoms with Gasteiger partial charge in [-0.3, -0.25) is 15.2 Å². The van der Waals surface area contributed by atoms with Crippen molar-refractivity contribution in [3.8, 4) is 0 Å². The van der Waals surface area contributed by atoms with E-state index in [0.717, 1.165) is 23.5 Å². The van der Waals surface area contributed by atoms with Crippen LogP contribution in [0.1, 0.15) is 29.2 Å². The van der Waals surface area contributed by atoms with Gasteiger partial charge in [0.15, 0.2) is 3.95 Å². The van der Waals surface area contributed by atoms with Crippen LogP contribution in [0, 0.1) is 3.95 Å². The van der Waals surface area contributed by atoms with E-state index in [-0.39, 0.29) is 24.0 Å². The molecule has 0 saturated heterocycles. The highest BCUT2D eigenvalue weighted by Gasteiger charge is 2.29. The van der Waals surface area contributed by atoms with Gasteiger partial charge in [-0.15, -0.1) is 5.10 Å². The molecule has 3 rings (SSSR count). The van der Waals surface area contributed by atoms with Gasteiger partial charge in [-0.1, -0.05) is 53.8 Å². The summed E-state index contributed by atoms with van der Waals surface area (Å²) < 4.78 is 38.4. The standard InChI is InChI=1S/C20H18F3N5O2S2/c21-20(22,23)14-8-6-12(7-9-14)11-24-16(29)10-15(13-4-2-1-3-5-13)25-17(30)26-18-27-28-19(31)32-18/h1-9,15H,10-11H2,(H,24,29)(H,28,31)(H2,25,26,27,30). The maximum absolute atomic E-state index is 12.7. The Bertz CT molecular complexity index is 1110. The van der Waals surface area contributed by atoms with Gasteiger partial charge in [0.2, 0.25) is 11.0 Å². The number of benzene rings is 2. The predicted molar refractivity (Wildman–Crippen MR) is 117 cm³/mol. The Morgan fingerprint density at radius 1 is 1.09 bits per heavy atom. The zero-order valence-electron chi connectivity index (χ0n) is 16.4. The second-order valence-electron chi connectivity index (χ2n) is 6.66. The number of hydrogen-bond acceptors (Lipinski definition) is 5. The molecule has 7 nitrogen and oxygen atoms in total. The van der Waals surface area contributed by atoms with Crippen LogP contribution >= 0.6 is 23.6 Å². The number of aromatic amines is 1. The first-order chi connectivity index (χ1) is 15.2. The maximum Gasteiger partial charge on any atom is 0.416 e. The van der Waals surface area contributed by atoms with Crippen molar-refractivity contribution < 1.29 is 22.8 Å². The highest BCUT2D eigenvalue weighted by Crippen LogP contribution is 2.29. The van der Waals surface area contributed by atoms with E-state index >= 15 is 0 Å². The van der Waals surface area contributed by atoms with Crippen LogP contribution in [0.15, 0.2) is 54.6 Å². The molecule has 3 aromatic rings. The number of hydrogen-bond donors (Lipinski definition) is 4. The first kappa shape index (κ1) is 23.4. The van der Waals surface area contributed by atoms with Gasteiger partial charge in [0, 0.05) is 6.54 Å². The summed E-state index contributed by atoms with van der Waals surface area (Å²) in [6, 6.07) is 12.2. The Morgan fingerprint density at radius 2 is 1.78 bits per heavy atom. The SMILES string of the molecule is O=C(CC(NC(=O)Nc1n[nH]c(=S)s1)c1ccccc1)NCc1ccc(C(F)(F)F)cc1. The lowest BCUT2D eigenvalue weighted by Crippen LogP contribution is -2.36. The number of aromatic nitrogens is 2. The Morgan fingerprint density at radius 3 is 2.38 bits per heavy atom. The smallest absolute Gasteiger partial charge is 0.352 e. The molecule has 1 heterocycles. The quantitative estimate of drug-likeness (QED) is 0.365. The maximum atomic E-state index is 12.7. The molecular formula is C20H18F3N5O2S2. The summed E-state index contributed by atoms with van der Waals surface area (Å²) in [5, 5.41) is 14.6. The van der Waals surface area contributed by atoms with Crippen LogP contribution in [-0.4, -0.2) is 22.1 Å². The van der Waals surface area contributed by atoms with Crippen LogP contribution in [0.4, 0.5) is 23.1 Å². The van der Waals surface area contributed by atoms with Crippen molar-refractivity contribution in [3.05, 3.63) is 75.2 Å². The number of urea groups is 1. The number of nitrogens with one attached hydrogen (secondary N) is 4. The highest BCUT2D eigenvalue weighted by molar-refractivity contribution is 7.73. The Labute approximate surface area is 190 Å². The van der Waals surface area contributed by atoms with Crippen molar-refractivity contribution in [2.45, 2.75) is 25.2 Å². The monoisotopic (exact) mass is 481 g/mol. The normalized spacial score (nSPS) is 12.1. The molecular weight excluding hydrogens is 463 g/mol. The summed E-state index contributed by atoms with van der Waals surface area (Å²) in [5.74, 6) is -0.380. The van der Waals surface area contributed by atoms with Crippen LogP contribution in [0.2, 0.25) is 0 Å². The molecule has 0 radical (unpaired) electrons. The van der Waals surface area contributed by atoms with E-state index in [0.29, 0.717) is 15.1 Å². The molecule has 0 fully saturated rings. The van der Waals surface area contributed by atoms with Crippen LogP contribution in [0.25, 0.3) is 0 Å². The number of amides is 3. The van der Waals surface area contributed by atoms with Crippen molar-refractivity contribution >= 4 is 40.6 Å². The molecule has 4 N–H and O–H groups in total. The minimum Gasteiger partial charge on any atom is -0.352 e. The number of alkyl halides is 3. The summed E-state index contributed by atoms with van der Waals surface area (Å²) in [7, 11) is 0. The second-order valence-corrected chi connectivity index (χ2v) is 8.32. The molecule has 0 aliphatic carbocycles. The molecule has 0 saturated carbocycles. The van der Waals surface area contributed by atoms with Crippen LogP contribution < -0.4 is 16.0 Å². The van der Waals surface area contributed by atoms with Crippen molar-refractivity contribution in [3.63, 3.8) is 0 Å². The van der Waals surface area contributed by atoms with Crippen LogP contribution in [0.5, 0.6) is 0 Å². The molecule has 0 bridgehead atoms. The van der Waals surface area contributed by atoms with E-state index in [1.807, 2.05) is 6.07 Å². The Hall–Kier alpha value is -3.25. The van der Waals surface area contributed by atoms with Crippen molar-refractivity contribution in [1.29, 1.82) is 0 Å². The van der Waals surface area contributed by atoms with Crippen molar-refractivity contribution in [2.75, 3.05) is 5.32 Å². The van der Waals surface area contributed by atoms with Gasteiger partial charge in [0.25, 0.3) is 0 Å². The summed E-state index contributed by atoms with van der Waals surface area (Å²) in [5.41, 5.74) is 0.475. The largest absolute Gasteiger partial charge is 0.416 e. The first-order valence-corrected chi connectivity index (χ1v) is 10.5. The van der Waals surface area contributed by atoms with E-state index < -0.39 is 23.8 Å². The zero-order valence-corrected chi connectivity index (χ0v) is 18.0. The van der Waals surface area contributed by atoms with E-state index in [1.54, 1.807) is 24.3 Å². The Balaban J connectivity index is 1.60. The van der Waals surface area contributed by atoms with Gasteiger partial charge < -0.3 is 10.6 Å². The van der Waals surface area contributed by atoms with E-state index in [9.17, 15) is 22.8 Å². The number of nitrogens with zero attached hydrogens (tertiary/aromatic N) is 1. The lowest BCUT2D eigenvalue weighted by atomic mass is 10.0. The number of carbonyl (C=O) groups excluding carboxylic acids is 2. The molecule has 0 aliphatic rings. The Kier molecular flexibility index (Phi) is 7.59. The molecule has 1 aromatic heterocycles. The third-order valence-corrected chi connectivity index (χ3v) is 5.33. The first-order valence-electron chi connectivity index (χ1n) is 9.31. The van der Waals surface area contributed by atoms with Gasteiger partial charge >= 0.3 is 12.2 Å². The summed E-state index contributed by atoms with van der Waals surface area (Å²) in [4.78, 5) is 24.8. The molecule has 0 aliphatic heterocycles. The van der Waals surface area contributed by atoms with E-state index in [4.69, 9.17) is 12.2 Å². The van der Waals surface area contributed by atoms with Gasteiger partial charge in [0.1, 0.15) is 0 Å². The number of halogens is 3. The van der Waals surface area contributed by atoms with Crippen LogP contribution in [-0.2, 0) is 17.5 Å². The fourth-order valence-electron chi connectivity index (χ4n) is 2.78. The third-order valence-electron chi connectivity index (χ3n) is 4.33. The fraction of sp³-hybridized carbons (Fsp3) is 0.200. The van der Waals surface area contributed by atoms with E-state index in [1.165, 1.54) is 12.1 Å². The minimum absolute atomic E-state index is 0.0568. The topological polar surface area (TPSA) is 98.9 Å². The number of H-pyrrole nitrogens is 1. The number of rotatable bonds is 7. The van der Waals surface area contributed by atoms with Crippen molar-refractivity contribution in [2.24, 2.45) is 0 Å². The molecule has 1 unspecified atom stereocenters. The summed E-state index contributed by atoms with van der Waals surface area (Å²) >= 11 is 6.01. The van der Waals surface area contributed by atoms with Crippen molar-refractivity contribution in [1.82, 2.24) is 20.8 Å². The molecule has 168 valence electrons. The predicted octanol–water partition coefficient (Wildman–Crippen LogP) is 4.79. The fourth-order valence-corrected chi connectivity index (χ4v) is 3.57. The van der Waals surface area contributed by atoms with Gasteiger partial charge in [-0.2, -0.15) is 13.2 Å². The van der Waals surface area contributed by atoms with Gasteiger partial charge in [-0.25, -0.2) is 4.79 Å². The molecule has 3 amide bonds. The average Bonchev–Trinajstić information content (AvgIpc) is 3.16. The van der Waals surface area contributed by atoms with Gasteiger partial charge in [0.05, 0.1) is 18.0 Å². The number of carbonyl (C=O) groups is 2. The summed E-state index contributed by atoms with van der Waals surface area (Å²) in [6.45, 7) is 0.0568. The molecule has 2 aromatic carbocycles. The average molecular weight is 482 g/mol. The molecule has 1 atom stereocenters. The molecule has 0 spiro atoms. The minimum atomic E-state index is -4.42. The molecule has 32 heavy (non-hydrogen) atoms. The second kappa shape index (κ2) is 10.4. The number of anilines is 1. The summed E-state index contributed by atoms with van der Waals surface area (Å²) in [6.07, 6.45) is -4.49. The van der Waals surface area contributed by atoms with Gasteiger partial charge in [-0.05, 0) is 35.5 Å². The lowest BCUT2D eigenvalue weighted by molar-refractivity contribution is -0.137. The van der Waals surface area contributed by atoms with Crippen LogP contribution in [0.3, 0.4) is 0 Å². The highest BCUT2D eigenvalue weighted by atomic mass is 32.1. The van der Waals surface area contributed by atoms with E-state index in [2.05, 4.69) is 26.1 Å². The zero-order chi connectivity index (χ0) is 23.1. The molecule has 12 heteroatoms. The third kappa shape index (κ3) is 6.89.